The average molecular weight is 312 g/mol. The molecule has 2 unspecified atom stereocenters. The number of carbonyl (C=O) groups excluding carboxylic acids is 1. The number of carbonyl (C=O) groups is 1. The van der Waals surface area contributed by atoms with Crippen LogP contribution in [0.25, 0.3) is 0 Å². The Morgan fingerprint density at radius 3 is 2.74 bits per heavy atom. The van der Waals surface area contributed by atoms with E-state index in [1.807, 2.05) is 25.1 Å². The number of fused-ring (bicyclic) bond motifs is 1. The molecule has 1 aliphatic rings. The molecule has 1 heterocycles. The average Bonchev–Trinajstić information content (AvgIpc) is 2.56. The van der Waals surface area contributed by atoms with Gasteiger partial charge in [-0.25, -0.2) is 4.39 Å². The summed E-state index contributed by atoms with van der Waals surface area (Å²) < 4.78 is 13.7. The Morgan fingerprint density at radius 2 is 2.00 bits per heavy atom. The van der Waals surface area contributed by atoms with Gasteiger partial charge in [-0.3, -0.25) is 4.79 Å². The van der Waals surface area contributed by atoms with Crippen molar-refractivity contribution < 1.29 is 9.18 Å². The molecule has 0 saturated carbocycles. The third kappa shape index (κ3) is 3.42. The van der Waals surface area contributed by atoms with Crippen LogP contribution in [-0.2, 0) is 17.8 Å². The summed E-state index contributed by atoms with van der Waals surface area (Å²) in [7, 11) is 0. The Labute approximate surface area is 135 Å². The molecule has 3 rings (SSSR count). The second-order valence-electron chi connectivity index (χ2n) is 6.15. The molecule has 0 aromatic heterocycles. The van der Waals surface area contributed by atoms with Crippen molar-refractivity contribution in [1.29, 1.82) is 0 Å². The molecule has 1 amide bonds. The monoisotopic (exact) mass is 312 g/mol. The van der Waals surface area contributed by atoms with E-state index < -0.39 is 0 Å². The van der Waals surface area contributed by atoms with Gasteiger partial charge in [0.2, 0.25) is 5.91 Å². The van der Waals surface area contributed by atoms with E-state index in [2.05, 4.69) is 22.8 Å². The summed E-state index contributed by atoms with van der Waals surface area (Å²) in [5.74, 6) is -0.290. The molecule has 0 spiro atoms. The quantitative estimate of drug-likeness (QED) is 0.915. The molecule has 120 valence electrons. The molecule has 4 heteroatoms. The van der Waals surface area contributed by atoms with Crippen LogP contribution >= 0.6 is 0 Å². The lowest BCUT2D eigenvalue weighted by Crippen LogP contribution is -2.48. The predicted octanol–water partition coefficient (Wildman–Crippen LogP) is 3.03. The Hall–Kier alpha value is -2.20. The molecule has 2 N–H and O–H groups in total. The number of halogens is 1. The number of hydrogen-bond acceptors (Lipinski definition) is 2. The largest absolute Gasteiger partial charge is 0.348 e. The van der Waals surface area contributed by atoms with Crippen molar-refractivity contribution in [3.05, 3.63) is 70.5 Å². The topological polar surface area (TPSA) is 41.1 Å². The van der Waals surface area contributed by atoms with Crippen molar-refractivity contribution >= 4 is 5.91 Å². The molecule has 1 aliphatic heterocycles. The number of nitrogens with one attached hydrogen (secondary N) is 2. The molecule has 2 atom stereocenters. The molecule has 23 heavy (non-hydrogen) atoms. The van der Waals surface area contributed by atoms with Gasteiger partial charge in [-0.1, -0.05) is 36.4 Å². The maximum atomic E-state index is 13.7. The van der Waals surface area contributed by atoms with Crippen LogP contribution in [0.5, 0.6) is 0 Å². The van der Waals surface area contributed by atoms with Crippen molar-refractivity contribution in [2.24, 2.45) is 0 Å². The van der Waals surface area contributed by atoms with Gasteiger partial charge in [0.05, 0.1) is 12.1 Å². The number of hydrogen-bond donors (Lipinski definition) is 2. The zero-order chi connectivity index (χ0) is 16.4. The molecule has 2 aromatic carbocycles. The SMILES string of the molecule is Cc1ccc(C(C)NC(=O)C2Cc3ccccc3CN2)cc1F. The first kappa shape index (κ1) is 15.7. The van der Waals surface area contributed by atoms with Crippen LogP contribution in [0, 0.1) is 12.7 Å². The zero-order valence-electron chi connectivity index (χ0n) is 13.4. The standard InChI is InChI=1S/C19H21FN2O/c1-12-7-8-14(9-17(12)20)13(2)22-19(23)18-10-15-5-3-4-6-16(15)11-21-18/h3-9,13,18,21H,10-11H2,1-2H3,(H,22,23). The number of aryl methyl sites for hydroxylation is 1. The van der Waals surface area contributed by atoms with Gasteiger partial charge in [0.15, 0.2) is 0 Å². The summed E-state index contributed by atoms with van der Waals surface area (Å²) in [5.41, 5.74) is 3.83. The Balaban J connectivity index is 1.66. The van der Waals surface area contributed by atoms with Crippen molar-refractivity contribution in [3.63, 3.8) is 0 Å². The normalized spacial score (nSPS) is 18.1. The lowest BCUT2D eigenvalue weighted by molar-refractivity contribution is -0.124. The summed E-state index contributed by atoms with van der Waals surface area (Å²) in [6, 6.07) is 12.8. The molecule has 2 aromatic rings. The predicted molar refractivity (Wildman–Crippen MR) is 88.5 cm³/mol. The van der Waals surface area contributed by atoms with E-state index >= 15 is 0 Å². The van der Waals surface area contributed by atoms with E-state index in [9.17, 15) is 9.18 Å². The minimum Gasteiger partial charge on any atom is -0.348 e. The second kappa shape index (κ2) is 6.50. The molecule has 0 aliphatic carbocycles. The van der Waals surface area contributed by atoms with Crippen molar-refractivity contribution in [3.8, 4) is 0 Å². The molecule has 0 fully saturated rings. The minimum absolute atomic E-state index is 0.0482. The maximum Gasteiger partial charge on any atom is 0.237 e. The highest BCUT2D eigenvalue weighted by molar-refractivity contribution is 5.82. The fourth-order valence-electron chi connectivity index (χ4n) is 2.92. The van der Waals surface area contributed by atoms with Crippen LogP contribution in [0.4, 0.5) is 4.39 Å². The first-order chi connectivity index (χ1) is 11.0. The van der Waals surface area contributed by atoms with Gasteiger partial charge in [0.25, 0.3) is 0 Å². The lowest BCUT2D eigenvalue weighted by Gasteiger charge is -2.27. The second-order valence-corrected chi connectivity index (χ2v) is 6.15. The van der Waals surface area contributed by atoms with Gasteiger partial charge in [-0.15, -0.1) is 0 Å². The summed E-state index contributed by atoms with van der Waals surface area (Å²) in [4.78, 5) is 12.5. The summed E-state index contributed by atoms with van der Waals surface area (Å²) in [6.07, 6.45) is 0.678. The molecule has 0 radical (unpaired) electrons. The van der Waals surface area contributed by atoms with E-state index in [0.717, 1.165) is 5.56 Å². The van der Waals surface area contributed by atoms with Crippen molar-refractivity contribution in [2.75, 3.05) is 0 Å². The van der Waals surface area contributed by atoms with Crippen LogP contribution < -0.4 is 10.6 Å². The van der Waals surface area contributed by atoms with E-state index in [1.54, 1.807) is 13.0 Å². The van der Waals surface area contributed by atoms with Gasteiger partial charge in [-0.05, 0) is 48.6 Å². The minimum atomic E-state index is -0.248. The molecular formula is C19H21FN2O. The number of amides is 1. The molecule has 3 nitrogen and oxygen atoms in total. The summed E-state index contributed by atoms with van der Waals surface area (Å²) in [5, 5.41) is 6.24. The summed E-state index contributed by atoms with van der Waals surface area (Å²) >= 11 is 0. The van der Waals surface area contributed by atoms with Crippen LogP contribution in [0.3, 0.4) is 0 Å². The molecule has 0 saturated heterocycles. The number of rotatable bonds is 3. The Bertz CT molecular complexity index is 729. The van der Waals surface area contributed by atoms with Crippen molar-refractivity contribution in [2.45, 2.75) is 38.9 Å². The highest BCUT2D eigenvalue weighted by atomic mass is 19.1. The lowest BCUT2D eigenvalue weighted by atomic mass is 9.95. The van der Waals surface area contributed by atoms with Crippen LogP contribution in [0.1, 0.15) is 35.2 Å². The first-order valence-corrected chi connectivity index (χ1v) is 7.91. The van der Waals surface area contributed by atoms with Crippen LogP contribution in [0.15, 0.2) is 42.5 Å². The maximum absolute atomic E-state index is 13.7. The first-order valence-electron chi connectivity index (χ1n) is 7.91. The third-order valence-corrected chi connectivity index (χ3v) is 4.45. The Morgan fingerprint density at radius 1 is 1.26 bits per heavy atom. The molecule has 0 bridgehead atoms. The van der Waals surface area contributed by atoms with Crippen LogP contribution in [0.2, 0.25) is 0 Å². The zero-order valence-corrected chi connectivity index (χ0v) is 13.4. The van der Waals surface area contributed by atoms with Crippen molar-refractivity contribution in [1.82, 2.24) is 10.6 Å². The van der Waals surface area contributed by atoms with E-state index in [4.69, 9.17) is 0 Å². The van der Waals surface area contributed by atoms with Gasteiger partial charge < -0.3 is 10.6 Å². The highest BCUT2D eigenvalue weighted by Crippen LogP contribution is 2.19. The fourth-order valence-corrected chi connectivity index (χ4v) is 2.92. The van der Waals surface area contributed by atoms with E-state index in [1.165, 1.54) is 17.2 Å². The summed E-state index contributed by atoms with van der Waals surface area (Å²) in [6.45, 7) is 4.30. The Kier molecular flexibility index (Phi) is 4.44. The smallest absolute Gasteiger partial charge is 0.237 e. The highest BCUT2D eigenvalue weighted by Gasteiger charge is 2.25. The molecular weight excluding hydrogens is 291 g/mol. The number of benzene rings is 2. The van der Waals surface area contributed by atoms with Crippen LogP contribution in [-0.4, -0.2) is 11.9 Å². The third-order valence-electron chi connectivity index (χ3n) is 4.45. The fraction of sp³-hybridized carbons (Fsp3) is 0.316. The van der Waals surface area contributed by atoms with Gasteiger partial charge >= 0.3 is 0 Å². The van der Waals surface area contributed by atoms with E-state index in [-0.39, 0.29) is 23.8 Å². The van der Waals surface area contributed by atoms with E-state index in [0.29, 0.717) is 18.5 Å². The van der Waals surface area contributed by atoms with Gasteiger partial charge in [-0.2, -0.15) is 0 Å². The van der Waals surface area contributed by atoms with Gasteiger partial charge in [0.1, 0.15) is 5.82 Å². The van der Waals surface area contributed by atoms with Gasteiger partial charge in [0, 0.05) is 6.54 Å².